The molecule has 0 bridgehead atoms. The fourth-order valence-corrected chi connectivity index (χ4v) is 1.35. The van der Waals surface area contributed by atoms with Crippen molar-refractivity contribution in [3.05, 3.63) is 0 Å². The summed E-state index contributed by atoms with van der Waals surface area (Å²) in [7, 11) is 0. The highest BCUT2D eigenvalue weighted by Gasteiger charge is 2.58. The van der Waals surface area contributed by atoms with Crippen molar-refractivity contribution in [2.75, 3.05) is 13.2 Å². The number of hydrogen-bond donors (Lipinski definition) is 2. The van der Waals surface area contributed by atoms with Crippen molar-refractivity contribution in [2.45, 2.75) is 40.0 Å². The Kier molecular flexibility index (Phi) is 4.04. The first-order valence-corrected chi connectivity index (χ1v) is 4.78. The molecule has 0 aromatic carbocycles. The normalized spacial score (nSPS) is 18.0. The van der Waals surface area contributed by atoms with Crippen LogP contribution < -0.4 is 0 Å². The summed E-state index contributed by atoms with van der Waals surface area (Å²) in [6.07, 6.45) is 0.167. The second-order valence-corrected chi connectivity index (χ2v) is 4.69. The molecule has 1 unspecified atom stereocenters. The summed E-state index contributed by atoms with van der Waals surface area (Å²) in [5.74, 6) is -3.10. The van der Waals surface area contributed by atoms with Crippen LogP contribution in [0.15, 0.2) is 0 Å². The van der Waals surface area contributed by atoms with Gasteiger partial charge in [-0.1, -0.05) is 27.7 Å². The van der Waals surface area contributed by atoms with Crippen molar-refractivity contribution < 1.29 is 19.0 Å². The quantitative estimate of drug-likeness (QED) is 0.729. The molecule has 0 aliphatic heterocycles. The molecular formula is C10H20F2O2. The van der Waals surface area contributed by atoms with Gasteiger partial charge in [0.1, 0.15) is 0 Å². The van der Waals surface area contributed by atoms with E-state index < -0.39 is 30.0 Å². The third-order valence-corrected chi connectivity index (χ3v) is 3.13. The summed E-state index contributed by atoms with van der Waals surface area (Å²) in [4.78, 5) is 0. The number of aliphatic hydroxyl groups excluding tert-OH is 2. The zero-order valence-corrected chi connectivity index (χ0v) is 9.27. The predicted octanol–water partition coefficient (Wildman–Crippen LogP) is 2.05. The van der Waals surface area contributed by atoms with Crippen LogP contribution in [0.3, 0.4) is 0 Å². The molecule has 0 aromatic heterocycles. The molecule has 0 saturated carbocycles. The van der Waals surface area contributed by atoms with Gasteiger partial charge in [-0.25, -0.2) is 8.78 Å². The molecule has 0 heterocycles. The molecule has 14 heavy (non-hydrogen) atoms. The van der Waals surface area contributed by atoms with Crippen LogP contribution >= 0.6 is 0 Å². The van der Waals surface area contributed by atoms with Gasteiger partial charge in [0.2, 0.25) is 0 Å². The maximum Gasteiger partial charge on any atom is 0.262 e. The molecular weight excluding hydrogens is 190 g/mol. The second kappa shape index (κ2) is 4.11. The molecule has 0 amide bonds. The molecule has 1 atom stereocenters. The van der Waals surface area contributed by atoms with Crippen LogP contribution in [0.5, 0.6) is 0 Å². The molecule has 0 saturated heterocycles. The van der Waals surface area contributed by atoms with Gasteiger partial charge >= 0.3 is 0 Å². The first-order valence-electron chi connectivity index (χ1n) is 4.78. The van der Waals surface area contributed by atoms with Gasteiger partial charge < -0.3 is 10.2 Å². The average molecular weight is 210 g/mol. The number of hydrogen-bond acceptors (Lipinski definition) is 2. The maximum absolute atomic E-state index is 13.9. The molecule has 2 N–H and O–H groups in total. The Morgan fingerprint density at radius 2 is 1.43 bits per heavy atom. The Hall–Kier alpha value is -0.220. The smallest absolute Gasteiger partial charge is 0.262 e. The lowest BCUT2D eigenvalue weighted by atomic mass is 9.69. The topological polar surface area (TPSA) is 40.5 Å². The summed E-state index contributed by atoms with van der Waals surface area (Å²) in [6, 6.07) is 0. The van der Waals surface area contributed by atoms with E-state index in [0.717, 1.165) is 0 Å². The fraction of sp³-hybridized carbons (Fsp3) is 1.00. The van der Waals surface area contributed by atoms with E-state index in [9.17, 15) is 8.78 Å². The van der Waals surface area contributed by atoms with Crippen molar-refractivity contribution in [3.63, 3.8) is 0 Å². The summed E-state index contributed by atoms with van der Waals surface area (Å²) >= 11 is 0. The number of aliphatic hydroxyl groups is 2. The zero-order chi connectivity index (χ0) is 11.6. The van der Waals surface area contributed by atoms with Crippen molar-refractivity contribution in [2.24, 2.45) is 10.8 Å². The van der Waals surface area contributed by atoms with Gasteiger partial charge in [0.25, 0.3) is 5.92 Å². The average Bonchev–Trinajstić information content (AvgIpc) is 2.15. The van der Waals surface area contributed by atoms with E-state index in [-0.39, 0.29) is 6.42 Å². The summed E-state index contributed by atoms with van der Waals surface area (Å²) < 4.78 is 27.9. The highest BCUT2D eigenvalue weighted by Crippen LogP contribution is 2.50. The van der Waals surface area contributed by atoms with E-state index in [0.29, 0.717) is 0 Å². The molecule has 86 valence electrons. The monoisotopic (exact) mass is 210 g/mol. The molecule has 2 nitrogen and oxygen atoms in total. The summed E-state index contributed by atoms with van der Waals surface area (Å²) in [5.41, 5.74) is -2.99. The minimum absolute atomic E-state index is 0.167. The van der Waals surface area contributed by atoms with Crippen LogP contribution in [0.4, 0.5) is 8.78 Å². The van der Waals surface area contributed by atoms with Gasteiger partial charge in [-0.05, 0) is 6.42 Å². The van der Waals surface area contributed by atoms with Crippen LogP contribution in [0.2, 0.25) is 0 Å². The Morgan fingerprint density at radius 3 is 1.64 bits per heavy atom. The number of halogens is 2. The molecule has 0 fully saturated rings. The highest BCUT2D eigenvalue weighted by molar-refractivity contribution is 4.97. The van der Waals surface area contributed by atoms with Crippen LogP contribution in [0.1, 0.15) is 34.1 Å². The van der Waals surface area contributed by atoms with Crippen molar-refractivity contribution >= 4 is 0 Å². The lowest BCUT2D eigenvalue weighted by Gasteiger charge is -2.44. The first-order chi connectivity index (χ1) is 6.18. The van der Waals surface area contributed by atoms with Crippen LogP contribution in [-0.2, 0) is 0 Å². The molecule has 0 aliphatic rings. The SMILES string of the molecule is CCC(C)(CO)C(F)(F)C(C)(C)CO. The van der Waals surface area contributed by atoms with E-state index in [1.807, 2.05) is 0 Å². The summed E-state index contributed by atoms with van der Waals surface area (Å²) in [5, 5.41) is 17.9. The Balaban J connectivity index is 5.10. The fourth-order valence-electron chi connectivity index (χ4n) is 1.35. The Bertz CT molecular complexity index is 187. The Labute approximate surface area is 83.9 Å². The Morgan fingerprint density at radius 1 is 1.00 bits per heavy atom. The minimum Gasteiger partial charge on any atom is -0.396 e. The third kappa shape index (κ3) is 1.91. The highest BCUT2D eigenvalue weighted by atomic mass is 19.3. The molecule has 0 spiro atoms. The third-order valence-electron chi connectivity index (χ3n) is 3.13. The predicted molar refractivity (Wildman–Crippen MR) is 51.3 cm³/mol. The molecule has 0 radical (unpaired) electrons. The van der Waals surface area contributed by atoms with E-state index in [4.69, 9.17) is 10.2 Å². The maximum atomic E-state index is 13.9. The van der Waals surface area contributed by atoms with Crippen molar-refractivity contribution in [1.29, 1.82) is 0 Å². The molecule has 0 aromatic rings. The lowest BCUT2D eigenvalue weighted by molar-refractivity contribution is -0.216. The van der Waals surface area contributed by atoms with Crippen molar-refractivity contribution in [3.8, 4) is 0 Å². The zero-order valence-electron chi connectivity index (χ0n) is 9.27. The number of rotatable bonds is 5. The van der Waals surface area contributed by atoms with E-state index in [1.54, 1.807) is 6.92 Å². The molecule has 0 rings (SSSR count). The van der Waals surface area contributed by atoms with E-state index in [2.05, 4.69) is 0 Å². The standard InChI is InChI=1S/C10H20F2O2/c1-5-9(4,7-14)10(11,12)8(2,3)6-13/h13-14H,5-7H2,1-4H3. The second-order valence-electron chi connectivity index (χ2n) is 4.69. The minimum atomic E-state index is -3.10. The molecule has 0 aliphatic carbocycles. The van der Waals surface area contributed by atoms with Gasteiger partial charge in [-0.3, -0.25) is 0 Å². The lowest BCUT2D eigenvalue weighted by Crippen LogP contribution is -2.53. The van der Waals surface area contributed by atoms with Gasteiger partial charge in [0.05, 0.1) is 24.0 Å². The van der Waals surface area contributed by atoms with E-state index in [1.165, 1.54) is 20.8 Å². The van der Waals surface area contributed by atoms with Gasteiger partial charge in [-0.15, -0.1) is 0 Å². The van der Waals surface area contributed by atoms with E-state index >= 15 is 0 Å². The molecule has 4 heteroatoms. The number of alkyl halides is 2. The largest absolute Gasteiger partial charge is 0.396 e. The van der Waals surface area contributed by atoms with Crippen LogP contribution in [0.25, 0.3) is 0 Å². The van der Waals surface area contributed by atoms with Crippen molar-refractivity contribution in [1.82, 2.24) is 0 Å². The van der Waals surface area contributed by atoms with Crippen LogP contribution in [0, 0.1) is 10.8 Å². The first kappa shape index (κ1) is 13.8. The van der Waals surface area contributed by atoms with Gasteiger partial charge in [-0.2, -0.15) is 0 Å². The van der Waals surface area contributed by atoms with Crippen LogP contribution in [-0.4, -0.2) is 29.3 Å². The summed E-state index contributed by atoms with van der Waals surface area (Å²) in [6.45, 7) is 4.37. The van der Waals surface area contributed by atoms with Gasteiger partial charge in [0.15, 0.2) is 0 Å². The van der Waals surface area contributed by atoms with Gasteiger partial charge in [0, 0.05) is 0 Å².